The highest BCUT2D eigenvalue weighted by Gasteiger charge is 2.29. The number of fused-ring (bicyclic) bond motifs is 3. The lowest BCUT2D eigenvalue weighted by Crippen LogP contribution is -2.36. The van der Waals surface area contributed by atoms with Crippen molar-refractivity contribution in [1.29, 1.82) is 0 Å². The quantitative estimate of drug-likeness (QED) is 0.563. The summed E-state index contributed by atoms with van der Waals surface area (Å²) in [5, 5.41) is 6.16. The van der Waals surface area contributed by atoms with E-state index in [4.69, 9.17) is 4.98 Å². The molecule has 0 spiro atoms. The van der Waals surface area contributed by atoms with Gasteiger partial charge in [0.1, 0.15) is 0 Å². The van der Waals surface area contributed by atoms with Crippen LogP contribution < -0.4 is 10.6 Å². The molecule has 2 amide bonds. The molecule has 1 fully saturated rings. The van der Waals surface area contributed by atoms with Gasteiger partial charge in [0.15, 0.2) is 0 Å². The second kappa shape index (κ2) is 9.25. The first-order chi connectivity index (χ1) is 16.5. The van der Waals surface area contributed by atoms with Gasteiger partial charge < -0.3 is 15.5 Å². The second-order valence-corrected chi connectivity index (χ2v) is 9.46. The Morgan fingerprint density at radius 3 is 2.76 bits per heavy atom. The summed E-state index contributed by atoms with van der Waals surface area (Å²) in [7, 11) is 0. The van der Waals surface area contributed by atoms with Gasteiger partial charge in [-0.3, -0.25) is 9.59 Å². The van der Waals surface area contributed by atoms with Gasteiger partial charge in [0.05, 0.1) is 17.8 Å². The summed E-state index contributed by atoms with van der Waals surface area (Å²) in [5.74, 6) is 1.04. The van der Waals surface area contributed by atoms with Crippen molar-refractivity contribution < 1.29 is 9.59 Å². The number of rotatable bonds is 5. The van der Waals surface area contributed by atoms with Crippen molar-refractivity contribution >= 4 is 29.1 Å². The maximum Gasteiger partial charge on any atom is 0.254 e. The third-order valence-corrected chi connectivity index (χ3v) is 6.44. The van der Waals surface area contributed by atoms with E-state index in [1.54, 1.807) is 6.20 Å². The van der Waals surface area contributed by atoms with E-state index in [1.165, 1.54) is 0 Å². The Balaban J connectivity index is 1.34. The molecule has 7 nitrogen and oxygen atoms in total. The summed E-state index contributed by atoms with van der Waals surface area (Å²) in [6, 6.07) is 15.5. The van der Waals surface area contributed by atoms with Crippen LogP contribution in [0.25, 0.3) is 11.3 Å². The monoisotopic (exact) mass is 455 g/mol. The molecule has 1 aromatic heterocycles. The summed E-state index contributed by atoms with van der Waals surface area (Å²) < 4.78 is 0. The summed E-state index contributed by atoms with van der Waals surface area (Å²) in [5.41, 5.74) is 4.64. The highest BCUT2D eigenvalue weighted by molar-refractivity contribution is 6.00. The molecule has 0 aliphatic carbocycles. The Hall–Kier alpha value is -3.74. The summed E-state index contributed by atoms with van der Waals surface area (Å²) in [6.45, 7) is 5.25. The van der Waals surface area contributed by atoms with Crippen LogP contribution in [0.3, 0.4) is 0 Å². The third-order valence-electron chi connectivity index (χ3n) is 6.44. The molecule has 5 rings (SSSR count). The predicted molar refractivity (Wildman–Crippen MR) is 133 cm³/mol. The molecule has 2 aliphatic rings. The van der Waals surface area contributed by atoms with Crippen LogP contribution >= 0.6 is 0 Å². The largest absolute Gasteiger partial charge is 0.336 e. The van der Waals surface area contributed by atoms with Crippen LogP contribution in [0.15, 0.2) is 54.7 Å². The first kappa shape index (κ1) is 22.1. The molecule has 34 heavy (non-hydrogen) atoms. The van der Waals surface area contributed by atoms with Crippen molar-refractivity contribution in [2.24, 2.45) is 5.92 Å². The Morgan fingerprint density at radius 1 is 1.18 bits per heavy atom. The normalized spacial score (nSPS) is 17.1. The molecule has 2 aliphatic heterocycles. The number of carbonyl (C=O) groups is 2. The number of nitrogens with zero attached hydrogens (tertiary/aromatic N) is 3. The van der Waals surface area contributed by atoms with Gasteiger partial charge in [-0.2, -0.15) is 0 Å². The van der Waals surface area contributed by atoms with E-state index >= 15 is 0 Å². The number of anilines is 3. The molecule has 7 heteroatoms. The molecule has 1 unspecified atom stereocenters. The molecule has 0 bridgehead atoms. The fourth-order valence-corrected chi connectivity index (χ4v) is 4.88. The van der Waals surface area contributed by atoms with E-state index in [2.05, 4.69) is 29.5 Å². The van der Waals surface area contributed by atoms with Crippen LogP contribution in [0.5, 0.6) is 0 Å². The van der Waals surface area contributed by atoms with Crippen LogP contribution in [-0.2, 0) is 11.2 Å². The molecule has 2 N–H and O–H groups in total. The molecule has 3 aromatic rings. The molecule has 1 saturated heterocycles. The molecule has 174 valence electrons. The smallest absolute Gasteiger partial charge is 0.254 e. The molecule has 1 atom stereocenters. The Kier molecular flexibility index (Phi) is 6.01. The first-order valence-corrected chi connectivity index (χ1v) is 11.9. The highest BCUT2D eigenvalue weighted by Crippen LogP contribution is 2.33. The van der Waals surface area contributed by atoms with Gasteiger partial charge in [0.2, 0.25) is 11.9 Å². The molecule has 0 saturated carbocycles. The van der Waals surface area contributed by atoms with Gasteiger partial charge in [-0.15, -0.1) is 0 Å². The SMILES string of the molecule is CC(C)CC1CCCN1C(=O)c1ccc(Nc2ncc3c(n2)-c2ccccc2NC(=O)C3)cc1. The van der Waals surface area contributed by atoms with Gasteiger partial charge in [-0.05, 0) is 55.5 Å². The van der Waals surface area contributed by atoms with E-state index in [9.17, 15) is 9.59 Å². The lowest BCUT2D eigenvalue weighted by Gasteiger charge is -2.26. The van der Waals surface area contributed by atoms with Gasteiger partial charge in [0, 0.05) is 41.2 Å². The molecule has 3 heterocycles. The van der Waals surface area contributed by atoms with Crippen LogP contribution in [-0.4, -0.2) is 39.3 Å². The van der Waals surface area contributed by atoms with Crippen molar-refractivity contribution in [2.45, 2.75) is 45.6 Å². The van der Waals surface area contributed by atoms with Crippen molar-refractivity contribution in [2.75, 3.05) is 17.2 Å². The molecular weight excluding hydrogens is 426 g/mol. The summed E-state index contributed by atoms with van der Waals surface area (Å²) >= 11 is 0. The molecule has 0 radical (unpaired) electrons. The van der Waals surface area contributed by atoms with Gasteiger partial charge in [-0.25, -0.2) is 9.97 Å². The zero-order chi connectivity index (χ0) is 23.7. The lowest BCUT2D eigenvalue weighted by molar-refractivity contribution is -0.115. The molecular formula is C27H29N5O2. The van der Waals surface area contributed by atoms with Crippen LogP contribution in [0.1, 0.15) is 49.0 Å². The number of hydrogen-bond donors (Lipinski definition) is 2. The zero-order valence-corrected chi connectivity index (χ0v) is 19.5. The second-order valence-electron chi connectivity index (χ2n) is 9.46. The number of carbonyl (C=O) groups excluding carboxylic acids is 2. The fourth-order valence-electron chi connectivity index (χ4n) is 4.88. The highest BCUT2D eigenvalue weighted by atomic mass is 16.2. The van der Waals surface area contributed by atoms with E-state index in [0.29, 0.717) is 23.5 Å². The lowest BCUT2D eigenvalue weighted by atomic mass is 10.0. The number of aromatic nitrogens is 2. The van der Waals surface area contributed by atoms with Crippen LogP contribution in [0.4, 0.5) is 17.3 Å². The predicted octanol–water partition coefficient (Wildman–Crippen LogP) is 5.03. The third kappa shape index (κ3) is 4.51. The van der Waals surface area contributed by atoms with Gasteiger partial charge >= 0.3 is 0 Å². The van der Waals surface area contributed by atoms with Crippen molar-refractivity contribution in [3.8, 4) is 11.3 Å². The maximum atomic E-state index is 13.1. The number of nitrogens with one attached hydrogen (secondary N) is 2. The minimum Gasteiger partial charge on any atom is -0.336 e. The van der Waals surface area contributed by atoms with Gasteiger partial charge in [-0.1, -0.05) is 32.0 Å². The minimum atomic E-state index is -0.0793. The number of para-hydroxylation sites is 1. The number of benzene rings is 2. The van der Waals surface area contributed by atoms with Crippen molar-refractivity contribution in [3.63, 3.8) is 0 Å². The standard InChI is InChI=1S/C27H29N5O2/c1-17(2)14-21-6-5-13-32(21)26(34)18-9-11-20(12-10-18)29-27-28-16-19-15-24(33)30-23-8-4-3-7-22(23)25(19)31-27/h3-4,7-12,16-17,21H,5-6,13-15H2,1-2H3,(H,30,33)(H,28,29,31). The average molecular weight is 456 g/mol. The first-order valence-electron chi connectivity index (χ1n) is 11.9. The minimum absolute atomic E-state index is 0.0793. The van der Waals surface area contributed by atoms with Gasteiger partial charge in [0.25, 0.3) is 5.91 Å². The average Bonchev–Trinajstić information content (AvgIpc) is 3.22. The Bertz CT molecular complexity index is 1220. The van der Waals surface area contributed by atoms with E-state index < -0.39 is 0 Å². The topological polar surface area (TPSA) is 87.2 Å². The maximum absolute atomic E-state index is 13.1. The van der Waals surface area contributed by atoms with E-state index in [0.717, 1.165) is 54.0 Å². The summed E-state index contributed by atoms with van der Waals surface area (Å²) in [6.07, 6.45) is 5.14. The van der Waals surface area contributed by atoms with Crippen LogP contribution in [0, 0.1) is 5.92 Å². The number of hydrogen-bond acceptors (Lipinski definition) is 5. The Morgan fingerprint density at radius 2 is 1.97 bits per heavy atom. The zero-order valence-electron chi connectivity index (χ0n) is 19.5. The van der Waals surface area contributed by atoms with Crippen LogP contribution in [0.2, 0.25) is 0 Å². The fraction of sp³-hybridized carbons (Fsp3) is 0.333. The number of amides is 2. The Labute approximate surface area is 199 Å². The van der Waals surface area contributed by atoms with E-state index in [1.807, 2.05) is 53.4 Å². The molecule has 2 aromatic carbocycles. The van der Waals surface area contributed by atoms with Crippen molar-refractivity contribution in [3.05, 3.63) is 65.9 Å². The van der Waals surface area contributed by atoms with E-state index in [-0.39, 0.29) is 18.2 Å². The summed E-state index contributed by atoms with van der Waals surface area (Å²) in [4.78, 5) is 36.5. The van der Waals surface area contributed by atoms with Crippen molar-refractivity contribution in [1.82, 2.24) is 14.9 Å². The number of likely N-dealkylation sites (tertiary alicyclic amines) is 1.